The van der Waals surface area contributed by atoms with E-state index >= 15 is 0 Å². The number of sulfonamides is 1. The molecule has 8 heteroatoms. The van der Waals surface area contributed by atoms with Crippen LogP contribution in [0.3, 0.4) is 0 Å². The van der Waals surface area contributed by atoms with Crippen molar-refractivity contribution in [2.45, 2.75) is 18.4 Å². The van der Waals surface area contributed by atoms with E-state index in [1.807, 2.05) is 0 Å². The normalized spacial score (nSPS) is 13.5. The third-order valence-electron chi connectivity index (χ3n) is 3.68. The Morgan fingerprint density at radius 1 is 1.21 bits per heavy atom. The highest BCUT2D eigenvalue weighted by molar-refractivity contribution is 7.89. The van der Waals surface area contributed by atoms with Gasteiger partial charge in [-0.3, -0.25) is 0 Å². The first-order valence-corrected chi connectivity index (χ1v) is 9.08. The molecule has 1 heterocycles. The topological polar surface area (TPSA) is 55.8 Å². The number of benzene rings is 2. The van der Waals surface area contributed by atoms with E-state index in [1.54, 1.807) is 25.1 Å². The molecule has 0 radical (unpaired) electrons. The van der Waals surface area contributed by atoms with Gasteiger partial charge in [0.1, 0.15) is 4.90 Å². The zero-order valence-electron chi connectivity index (χ0n) is 12.8. The Labute approximate surface area is 144 Å². The van der Waals surface area contributed by atoms with Crippen molar-refractivity contribution in [1.29, 1.82) is 0 Å². The molecule has 5 nitrogen and oxygen atoms in total. The maximum absolute atomic E-state index is 14.1. The zero-order chi connectivity index (χ0) is 17.3. The molecule has 2 aromatic rings. The average Bonchev–Trinajstić information content (AvgIpc) is 3.02. The number of ether oxygens (including phenoxy) is 2. The lowest BCUT2D eigenvalue weighted by Crippen LogP contribution is -2.31. The molecule has 0 bridgehead atoms. The van der Waals surface area contributed by atoms with Crippen LogP contribution in [-0.2, 0) is 16.6 Å². The second-order valence-electron chi connectivity index (χ2n) is 5.17. The Morgan fingerprint density at radius 3 is 2.71 bits per heavy atom. The third kappa shape index (κ3) is 3.07. The SMILES string of the molecule is CCN(Cc1ccc2c(c1)OCO2)S(=O)(=O)c1cccc(Cl)c1F. The predicted octanol–water partition coefficient (Wildman–Crippen LogP) is 3.42. The van der Waals surface area contributed by atoms with Gasteiger partial charge in [-0.1, -0.05) is 30.7 Å². The Balaban J connectivity index is 1.92. The Kier molecular flexibility index (Phi) is 4.67. The van der Waals surface area contributed by atoms with Gasteiger partial charge in [0.25, 0.3) is 0 Å². The molecular formula is C16H15ClFNO4S. The summed E-state index contributed by atoms with van der Waals surface area (Å²) in [5, 5.41) is -0.227. The highest BCUT2D eigenvalue weighted by Crippen LogP contribution is 2.33. The van der Waals surface area contributed by atoms with Crippen molar-refractivity contribution in [3.8, 4) is 11.5 Å². The van der Waals surface area contributed by atoms with Gasteiger partial charge >= 0.3 is 0 Å². The summed E-state index contributed by atoms with van der Waals surface area (Å²) in [5.41, 5.74) is 0.715. The molecule has 0 saturated carbocycles. The van der Waals surface area contributed by atoms with Gasteiger partial charge < -0.3 is 9.47 Å². The van der Waals surface area contributed by atoms with Crippen LogP contribution in [0.4, 0.5) is 4.39 Å². The monoisotopic (exact) mass is 371 g/mol. The molecule has 0 saturated heterocycles. The number of fused-ring (bicyclic) bond motifs is 1. The fourth-order valence-electron chi connectivity index (χ4n) is 2.43. The molecule has 0 atom stereocenters. The molecule has 0 amide bonds. The molecule has 0 fully saturated rings. The van der Waals surface area contributed by atoms with Crippen LogP contribution in [0.15, 0.2) is 41.3 Å². The summed E-state index contributed by atoms with van der Waals surface area (Å²) >= 11 is 5.70. The standard InChI is InChI=1S/C16H15ClFNO4S/c1-2-19(9-11-6-7-13-14(8-11)23-10-22-13)24(20,21)15-5-3-4-12(17)16(15)18/h3-8H,2,9-10H2,1H3. The maximum Gasteiger partial charge on any atom is 0.246 e. The van der Waals surface area contributed by atoms with Gasteiger partial charge in [-0.15, -0.1) is 0 Å². The van der Waals surface area contributed by atoms with Crippen molar-refractivity contribution < 1.29 is 22.3 Å². The van der Waals surface area contributed by atoms with E-state index in [9.17, 15) is 12.8 Å². The minimum absolute atomic E-state index is 0.0847. The Morgan fingerprint density at radius 2 is 1.96 bits per heavy atom. The molecule has 0 aromatic heterocycles. The molecule has 128 valence electrons. The molecule has 24 heavy (non-hydrogen) atoms. The van der Waals surface area contributed by atoms with E-state index < -0.39 is 20.7 Å². The minimum Gasteiger partial charge on any atom is -0.454 e. The van der Waals surface area contributed by atoms with Crippen molar-refractivity contribution in [3.63, 3.8) is 0 Å². The van der Waals surface area contributed by atoms with Crippen molar-refractivity contribution in [2.24, 2.45) is 0 Å². The number of halogens is 2. The summed E-state index contributed by atoms with van der Waals surface area (Å²) in [7, 11) is -4.01. The van der Waals surface area contributed by atoms with Crippen LogP contribution < -0.4 is 9.47 Å². The lowest BCUT2D eigenvalue weighted by atomic mass is 10.2. The molecule has 0 spiro atoms. The van der Waals surface area contributed by atoms with Crippen molar-refractivity contribution in [3.05, 3.63) is 52.8 Å². The summed E-state index contributed by atoms with van der Waals surface area (Å²) in [5.74, 6) is 0.240. The first-order valence-electron chi connectivity index (χ1n) is 7.26. The molecule has 1 aliphatic heterocycles. The molecule has 1 aliphatic rings. The first-order chi connectivity index (χ1) is 11.4. The number of hydrogen-bond acceptors (Lipinski definition) is 4. The second kappa shape index (κ2) is 6.58. The average molecular weight is 372 g/mol. The van der Waals surface area contributed by atoms with Crippen LogP contribution in [0.1, 0.15) is 12.5 Å². The molecule has 2 aromatic carbocycles. The zero-order valence-corrected chi connectivity index (χ0v) is 14.4. The molecule has 0 aliphatic carbocycles. The quantitative estimate of drug-likeness (QED) is 0.808. The van der Waals surface area contributed by atoms with Gasteiger partial charge in [0, 0.05) is 13.1 Å². The van der Waals surface area contributed by atoms with Gasteiger partial charge in [-0.05, 0) is 29.8 Å². The fourth-order valence-corrected chi connectivity index (χ4v) is 4.19. The molecule has 0 N–H and O–H groups in total. The highest BCUT2D eigenvalue weighted by Gasteiger charge is 2.28. The van der Waals surface area contributed by atoms with Crippen LogP contribution in [0, 0.1) is 5.82 Å². The van der Waals surface area contributed by atoms with Crippen LogP contribution in [0.2, 0.25) is 5.02 Å². The third-order valence-corrected chi connectivity index (χ3v) is 5.91. The van der Waals surface area contributed by atoms with Gasteiger partial charge in [-0.2, -0.15) is 4.31 Å². The van der Waals surface area contributed by atoms with E-state index in [4.69, 9.17) is 21.1 Å². The largest absolute Gasteiger partial charge is 0.454 e. The summed E-state index contributed by atoms with van der Waals surface area (Å²) in [6.45, 7) is 2.10. The van der Waals surface area contributed by atoms with Gasteiger partial charge in [0.15, 0.2) is 17.3 Å². The van der Waals surface area contributed by atoms with E-state index in [1.165, 1.54) is 22.5 Å². The van der Waals surface area contributed by atoms with E-state index in [-0.39, 0.29) is 24.9 Å². The maximum atomic E-state index is 14.1. The molecule has 0 unspecified atom stereocenters. The number of nitrogens with zero attached hydrogens (tertiary/aromatic N) is 1. The fraction of sp³-hybridized carbons (Fsp3) is 0.250. The van der Waals surface area contributed by atoms with Crippen molar-refractivity contribution in [1.82, 2.24) is 4.31 Å². The van der Waals surface area contributed by atoms with Crippen LogP contribution in [-0.4, -0.2) is 26.1 Å². The Bertz CT molecular complexity index is 872. The summed E-state index contributed by atoms with van der Waals surface area (Å²) < 4.78 is 51.3. The first kappa shape index (κ1) is 17.0. The minimum atomic E-state index is -4.01. The van der Waals surface area contributed by atoms with E-state index in [0.29, 0.717) is 17.1 Å². The van der Waals surface area contributed by atoms with Crippen molar-refractivity contribution >= 4 is 21.6 Å². The number of rotatable bonds is 5. The van der Waals surface area contributed by atoms with Gasteiger partial charge in [0.2, 0.25) is 16.8 Å². The number of hydrogen-bond donors (Lipinski definition) is 0. The van der Waals surface area contributed by atoms with Crippen LogP contribution >= 0.6 is 11.6 Å². The molecular weight excluding hydrogens is 357 g/mol. The summed E-state index contributed by atoms with van der Waals surface area (Å²) in [6.07, 6.45) is 0. The lowest BCUT2D eigenvalue weighted by molar-refractivity contribution is 0.174. The predicted molar refractivity (Wildman–Crippen MR) is 87.2 cm³/mol. The smallest absolute Gasteiger partial charge is 0.246 e. The molecule has 3 rings (SSSR count). The van der Waals surface area contributed by atoms with Crippen LogP contribution in [0.25, 0.3) is 0 Å². The second-order valence-corrected chi connectivity index (χ2v) is 7.48. The lowest BCUT2D eigenvalue weighted by Gasteiger charge is -2.21. The van der Waals surface area contributed by atoms with E-state index in [0.717, 1.165) is 0 Å². The summed E-state index contributed by atoms with van der Waals surface area (Å²) in [4.78, 5) is -0.433. The van der Waals surface area contributed by atoms with Gasteiger partial charge in [0.05, 0.1) is 5.02 Å². The van der Waals surface area contributed by atoms with Crippen molar-refractivity contribution in [2.75, 3.05) is 13.3 Å². The highest BCUT2D eigenvalue weighted by atomic mass is 35.5. The Hall–Kier alpha value is -1.83. The van der Waals surface area contributed by atoms with Crippen LogP contribution in [0.5, 0.6) is 11.5 Å². The summed E-state index contributed by atoms with van der Waals surface area (Å²) in [6, 6.07) is 9.11. The van der Waals surface area contributed by atoms with E-state index in [2.05, 4.69) is 0 Å². The van der Waals surface area contributed by atoms with Gasteiger partial charge in [-0.25, -0.2) is 12.8 Å².